The first-order valence-corrected chi connectivity index (χ1v) is 12.8. The molecule has 1 aliphatic carbocycles. The fraction of sp³-hybridized carbons (Fsp3) is 0.400. The Balaban J connectivity index is 1.49. The highest BCUT2D eigenvalue weighted by molar-refractivity contribution is 5.89. The Morgan fingerprint density at radius 1 is 0.912 bits per heavy atom. The minimum atomic E-state index is -0.427. The summed E-state index contributed by atoms with van der Waals surface area (Å²) in [6.07, 6.45) is 6.86. The van der Waals surface area contributed by atoms with Crippen molar-refractivity contribution >= 4 is 22.6 Å². The van der Waals surface area contributed by atoms with Crippen molar-refractivity contribution in [3.63, 3.8) is 0 Å². The number of carbonyl (C=O) groups is 2. The summed E-state index contributed by atoms with van der Waals surface area (Å²) in [7, 11) is 0. The number of fused-ring (bicyclic) bond motifs is 1. The molecule has 4 heteroatoms. The molecule has 4 rings (SSSR count). The van der Waals surface area contributed by atoms with Crippen LogP contribution in [0.1, 0.15) is 56.6 Å². The molecule has 2 amide bonds. The molecule has 3 aromatic carbocycles. The van der Waals surface area contributed by atoms with E-state index in [0.29, 0.717) is 25.8 Å². The molecule has 0 heterocycles. The first-order chi connectivity index (χ1) is 16.7. The van der Waals surface area contributed by atoms with Gasteiger partial charge in [-0.1, -0.05) is 92.6 Å². The van der Waals surface area contributed by atoms with Gasteiger partial charge in [0.15, 0.2) is 0 Å². The van der Waals surface area contributed by atoms with Crippen molar-refractivity contribution in [2.75, 3.05) is 6.54 Å². The number of benzene rings is 3. The van der Waals surface area contributed by atoms with Gasteiger partial charge in [-0.05, 0) is 54.0 Å². The van der Waals surface area contributed by atoms with Gasteiger partial charge in [-0.25, -0.2) is 0 Å². The number of carbonyl (C=O) groups excluding carboxylic acids is 2. The van der Waals surface area contributed by atoms with Crippen LogP contribution < -0.4 is 5.32 Å². The van der Waals surface area contributed by atoms with Crippen LogP contribution in [0.5, 0.6) is 0 Å². The molecule has 1 N–H and O–H groups in total. The second-order valence-electron chi connectivity index (χ2n) is 9.38. The predicted octanol–water partition coefficient (Wildman–Crippen LogP) is 5.68. The standard InChI is InChI=1S/C30H36N2O2/c1-2-28(30(34)31-26-16-7-8-17-26)32(22-21-23-11-4-3-5-12-23)29(33)20-19-25-15-10-14-24-13-6-9-18-27(24)25/h3-6,9-15,18,26,28H,2,7-8,16-17,19-22H2,1H3,(H,31,34). The average Bonchev–Trinajstić information content (AvgIpc) is 3.38. The maximum Gasteiger partial charge on any atom is 0.243 e. The van der Waals surface area contributed by atoms with E-state index in [0.717, 1.165) is 19.3 Å². The molecule has 1 unspecified atom stereocenters. The Hall–Kier alpha value is -3.14. The number of nitrogens with zero attached hydrogens (tertiary/aromatic N) is 1. The van der Waals surface area contributed by atoms with E-state index in [9.17, 15) is 9.59 Å². The molecular weight excluding hydrogens is 420 g/mol. The van der Waals surface area contributed by atoms with Gasteiger partial charge in [0, 0.05) is 19.0 Å². The summed E-state index contributed by atoms with van der Waals surface area (Å²) in [4.78, 5) is 28.6. The van der Waals surface area contributed by atoms with Crippen molar-refractivity contribution in [2.45, 2.75) is 70.4 Å². The molecule has 0 spiro atoms. The third-order valence-corrected chi connectivity index (χ3v) is 7.06. The van der Waals surface area contributed by atoms with Crippen molar-refractivity contribution in [1.82, 2.24) is 10.2 Å². The molecule has 1 fully saturated rings. The molecule has 4 nitrogen and oxygen atoms in total. The van der Waals surface area contributed by atoms with Gasteiger partial charge in [0.2, 0.25) is 11.8 Å². The van der Waals surface area contributed by atoms with Crippen molar-refractivity contribution in [3.05, 3.63) is 83.9 Å². The summed E-state index contributed by atoms with van der Waals surface area (Å²) < 4.78 is 0. The highest BCUT2D eigenvalue weighted by atomic mass is 16.2. The van der Waals surface area contributed by atoms with Crippen LogP contribution in [0.15, 0.2) is 72.8 Å². The fourth-order valence-corrected chi connectivity index (χ4v) is 5.16. The molecule has 1 saturated carbocycles. The maximum atomic E-state index is 13.6. The highest BCUT2D eigenvalue weighted by Crippen LogP contribution is 2.22. The fourth-order valence-electron chi connectivity index (χ4n) is 5.16. The van der Waals surface area contributed by atoms with Crippen LogP contribution in [-0.4, -0.2) is 35.3 Å². The minimum Gasteiger partial charge on any atom is -0.352 e. The number of hydrogen-bond acceptors (Lipinski definition) is 2. The van der Waals surface area contributed by atoms with Gasteiger partial charge in [0.1, 0.15) is 6.04 Å². The third-order valence-electron chi connectivity index (χ3n) is 7.06. The summed E-state index contributed by atoms with van der Waals surface area (Å²) >= 11 is 0. The van der Waals surface area contributed by atoms with Gasteiger partial charge in [-0.2, -0.15) is 0 Å². The minimum absolute atomic E-state index is 0.000901. The first kappa shape index (κ1) is 24.0. The van der Waals surface area contributed by atoms with Gasteiger partial charge in [0.25, 0.3) is 0 Å². The van der Waals surface area contributed by atoms with Crippen LogP contribution in [0.4, 0.5) is 0 Å². The molecule has 0 bridgehead atoms. The van der Waals surface area contributed by atoms with Gasteiger partial charge in [-0.3, -0.25) is 9.59 Å². The van der Waals surface area contributed by atoms with Crippen molar-refractivity contribution in [2.24, 2.45) is 0 Å². The Kier molecular flexibility index (Phi) is 8.35. The Bertz CT molecular complexity index is 1080. The van der Waals surface area contributed by atoms with Gasteiger partial charge in [-0.15, -0.1) is 0 Å². The predicted molar refractivity (Wildman–Crippen MR) is 139 cm³/mol. The molecule has 1 aliphatic rings. The molecule has 1 atom stereocenters. The van der Waals surface area contributed by atoms with Crippen LogP contribution in [0.3, 0.4) is 0 Å². The normalized spacial score (nSPS) is 14.7. The van der Waals surface area contributed by atoms with Crippen molar-refractivity contribution in [1.29, 1.82) is 0 Å². The zero-order valence-corrected chi connectivity index (χ0v) is 20.2. The van der Waals surface area contributed by atoms with E-state index in [2.05, 4.69) is 47.8 Å². The third kappa shape index (κ3) is 6.05. The molecule has 0 radical (unpaired) electrons. The van der Waals surface area contributed by atoms with E-state index in [4.69, 9.17) is 0 Å². The first-order valence-electron chi connectivity index (χ1n) is 12.8. The lowest BCUT2D eigenvalue weighted by Crippen LogP contribution is -2.51. The van der Waals surface area contributed by atoms with Crippen molar-refractivity contribution < 1.29 is 9.59 Å². The number of nitrogens with one attached hydrogen (secondary N) is 1. The number of aryl methyl sites for hydroxylation is 1. The molecule has 0 aliphatic heterocycles. The van der Waals surface area contributed by atoms with E-state index >= 15 is 0 Å². The lowest BCUT2D eigenvalue weighted by atomic mass is 10.00. The van der Waals surface area contributed by atoms with Gasteiger partial charge in [0.05, 0.1) is 0 Å². The lowest BCUT2D eigenvalue weighted by Gasteiger charge is -2.31. The molecule has 178 valence electrons. The zero-order chi connectivity index (χ0) is 23.8. The SMILES string of the molecule is CCC(C(=O)NC1CCCC1)N(CCc1ccccc1)C(=O)CCc1cccc2ccccc12. The largest absolute Gasteiger partial charge is 0.352 e. The molecule has 0 saturated heterocycles. The number of rotatable bonds is 10. The molecule has 34 heavy (non-hydrogen) atoms. The van der Waals surface area contributed by atoms with E-state index in [1.165, 1.54) is 34.7 Å². The van der Waals surface area contributed by atoms with Crippen LogP contribution >= 0.6 is 0 Å². The monoisotopic (exact) mass is 456 g/mol. The average molecular weight is 457 g/mol. The van der Waals surface area contributed by atoms with Gasteiger partial charge < -0.3 is 10.2 Å². The summed E-state index contributed by atoms with van der Waals surface area (Å²) in [6, 6.07) is 24.6. The summed E-state index contributed by atoms with van der Waals surface area (Å²) in [5.74, 6) is 0.0539. The summed E-state index contributed by atoms with van der Waals surface area (Å²) in [5, 5.41) is 5.61. The van der Waals surface area contributed by atoms with Crippen LogP contribution in [0.2, 0.25) is 0 Å². The summed E-state index contributed by atoms with van der Waals surface area (Å²) in [6.45, 7) is 2.56. The lowest BCUT2D eigenvalue weighted by molar-refractivity contribution is -0.141. The van der Waals surface area contributed by atoms with E-state index in [-0.39, 0.29) is 17.9 Å². The highest BCUT2D eigenvalue weighted by Gasteiger charge is 2.30. The Morgan fingerprint density at radius 3 is 2.38 bits per heavy atom. The van der Waals surface area contributed by atoms with Gasteiger partial charge >= 0.3 is 0 Å². The zero-order valence-electron chi connectivity index (χ0n) is 20.2. The van der Waals surface area contributed by atoms with Crippen LogP contribution in [0.25, 0.3) is 10.8 Å². The Labute approximate surface area is 203 Å². The van der Waals surface area contributed by atoms with E-state index in [1.54, 1.807) is 0 Å². The second kappa shape index (κ2) is 11.8. The summed E-state index contributed by atoms with van der Waals surface area (Å²) in [5.41, 5.74) is 2.36. The smallest absolute Gasteiger partial charge is 0.243 e. The molecular formula is C30H36N2O2. The molecule has 0 aromatic heterocycles. The quantitative estimate of drug-likeness (QED) is 0.427. The molecule has 3 aromatic rings. The van der Waals surface area contributed by atoms with Crippen molar-refractivity contribution in [3.8, 4) is 0 Å². The topological polar surface area (TPSA) is 49.4 Å². The Morgan fingerprint density at radius 2 is 1.62 bits per heavy atom. The van der Waals surface area contributed by atoms with Crippen LogP contribution in [0, 0.1) is 0 Å². The number of hydrogen-bond donors (Lipinski definition) is 1. The van der Waals surface area contributed by atoms with E-state index in [1.807, 2.05) is 42.2 Å². The van der Waals surface area contributed by atoms with E-state index < -0.39 is 6.04 Å². The number of amides is 2. The van der Waals surface area contributed by atoms with Crippen LogP contribution in [-0.2, 0) is 22.4 Å². The maximum absolute atomic E-state index is 13.6. The second-order valence-corrected chi connectivity index (χ2v) is 9.38.